The highest BCUT2D eigenvalue weighted by atomic mass is 35.5. The van der Waals surface area contributed by atoms with E-state index in [4.69, 9.17) is 23.2 Å². The number of amides is 1. The van der Waals surface area contributed by atoms with E-state index in [9.17, 15) is 4.79 Å². The van der Waals surface area contributed by atoms with E-state index >= 15 is 0 Å². The number of nitrogens with zero attached hydrogens (tertiary/aromatic N) is 2. The number of rotatable bonds is 5. The molecule has 2 aromatic carbocycles. The maximum absolute atomic E-state index is 12.3. The average molecular weight is 456 g/mol. The minimum Gasteiger partial charge on any atom is -0.318 e. The molecule has 3 aromatic rings. The third kappa shape index (κ3) is 5.57. The van der Waals surface area contributed by atoms with Crippen molar-refractivity contribution in [2.45, 2.75) is 46.5 Å². The first-order valence-electron chi connectivity index (χ1n) is 10.1. The Hall–Kier alpha value is -2.56. The first-order chi connectivity index (χ1) is 14.6. The zero-order valence-electron chi connectivity index (χ0n) is 18.5. The molecule has 0 atom stereocenters. The summed E-state index contributed by atoms with van der Waals surface area (Å²) in [5.41, 5.74) is 8.77. The van der Waals surface area contributed by atoms with Crippen LogP contribution in [0.1, 0.15) is 48.8 Å². The zero-order chi connectivity index (χ0) is 22.8. The number of nitrogens with one attached hydrogen (secondary N) is 1. The fraction of sp³-hybridized carbons (Fsp3) is 0.280. The van der Waals surface area contributed by atoms with Gasteiger partial charge in [-0.25, -0.2) is 5.43 Å². The van der Waals surface area contributed by atoms with Crippen LogP contribution in [0.3, 0.4) is 0 Å². The Labute approximate surface area is 193 Å². The Morgan fingerprint density at radius 2 is 1.71 bits per heavy atom. The number of aryl methyl sites for hydroxylation is 1. The third-order valence-corrected chi connectivity index (χ3v) is 5.95. The zero-order valence-corrected chi connectivity index (χ0v) is 20.0. The summed E-state index contributed by atoms with van der Waals surface area (Å²) in [7, 11) is 0. The molecule has 6 heteroatoms. The highest BCUT2D eigenvalue weighted by Gasteiger charge is 2.14. The van der Waals surface area contributed by atoms with Crippen LogP contribution in [0.15, 0.2) is 53.6 Å². The number of benzene rings is 2. The van der Waals surface area contributed by atoms with Crippen molar-refractivity contribution in [2.75, 3.05) is 0 Å². The van der Waals surface area contributed by atoms with E-state index in [0.717, 1.165) is 28.2 Å². The van der Waals surface area contributed by atoms with Crippen molar-refractivity contribution in [1.29, 1.82) is 0 Å². The summed E-state index contributed by atoms with van der Waals surface area (Å²) in [5, 5.41) is 5.17. The van der Waals surface area contributed by atoms with Gasteiger partial charge in [0.25, 0.3) is 0 Å². The summed E-state index contributed by atoms with van der Waals surface area (Å²) in [6, 6.07) is 15.7. The first-order valence-corrected chi connectivity index (χ1v) is 10.9. The summed E-state index contributed by atoms with van der Waals surface area (Å²) >= 11 is 12.2. The Kier molecular flexibility index (Phi) is 6.93. The van der Waals surface area contributed by atoms with E-state index in [-0.39, 0.29) is 17.7 Å². The number of aromatic nitrogens is 1. The molecule has 0 aliphatic rings. The molecule has 0 fully saturated rings. The Balaban J connectivity index is 1.67. The fourth-order valence-corrected chi connectivity index (χ4v) is 3.75. The summed E-state index contributed by atoms with van der Waals surface area (Å²) in [6.07, 6.45) is 1.95. The van der Waals surface area contributed by atoms with E-state index in [2.05, 4.69) is 48.0 Å². The molecule has 0 saturated carbocycles. The van der Waals surface area contributed by atoms with Crippen LogP contribution in [0.2, 0.25) is 10.0 Å². The van der Waals surface area contributed by atoms with E-state index in [1.165, 1.54) is 5.56 Å². The highest BCUT2D eigenvalue weighted by molar-refractivity contribution is 6.42. The summed E-state index contributed by atoms with van der Waals surface area (Å²) in [6.45, 7) is 10.5. The lowest BCUT2D eigenvalue weighted by atomic mass is 9.86. The minimum absolute atomic E-state index is 0.0921. The van der Waals surface area contributed by atoms with Gasteiger partial charge in [-0.05, 0) is 54.7 Å². The van der Waals surface area contributed by atoms with Gasteiger partial charge in [-0.3, -0.25) is 4.79 Å². The molecule has 0 saturated heterocycles. The second-order valence-electron chi connectivity index (χ2n) is 8.68. The molecule has 0 aliphatic heterocycles. The first kappa shape index (κ1) is 23.1. The molecular formula is C25H27Cl2N3O. The van der Waals surface area contributed by atoms with Crippen molar-refractivity contribution >= 4 is 35.3 Å². The maximum atomic E-state index is 12.3. The van der Waals surface area contributed by atoms with Crippen LogP contribution in [-0.4, -0.2) is 16.7 Å². The molecule has 4 nitrogen and oxygen atoms in total. The lowest BCUT2D eigenvalue weighted by molar-refractivity contribution is -0.120. The van der Waals surface area contributed by atoms with Gasteiger partial charge in [0.1, 0.15) is 0 Å². The summed E-state index contributed by atoms with van der Waals surface area (Å²) < 4.78 is 2.07. The van der Waals surface area contributed by atoms with Crippen LogP contribution >= 0.6 is 23.2 Å². The average Bonchev–Trinajstić information content (AvgIpc) is 2.97. The molecular weight excluding hydrogens is 429 g/mol. The van der Waals surface area contributed by atoms with Gasteiger partial charge in [-0.2, -0.15) is 5.10 Å². The second kappa shape index (κ2) is 9.29. The van der Waals surface area contributed by atoms with Crippen LogP contribution in [0.5, 0.6) is 0 Å². The monoisotopic (exact) mass is 455 g/mol. The molecule has 31 heavy (non-hydrogen) atoms. The Morgan fingerprint density at radius 3 is 2.32 bits per heavy atom. The van der Waals surface area contributed by atoms with Crippen LogP contribution in [0.4, 0.5) is 0 Å². The van der Waals surface area contributed by atoms with E-state index < -0.39 is 0 Å². The number of hydrazone groups is 1. The van der Waals surface area contributed by atoms with Gasteiger partial charge >= 0.3 is 0 Å². The number of hydrogen-bond donors (Lipinski definition) is 1. The number of carbonyl (C=O) groups excluding carboxylic acids is 1. The fourth-order valence-electron chi connectivity index (χ4n) is 3.46. The molecule has 162 valence electrons. The number of halogens is 2. The standard InChI is InChI=1S/C25H27Cl2N3O/c1-16-12-19(17(2)30(16)21-10-11-22(26)23(27)14-21)15-28-29-24(31)13-18-6-8-20(9-7-18)25(3,4)5/h6-12,14-15H,13H2,1-5H3,(H,29,31)/b28-15-. The molecule has 1 heterocycles. The van der Waals surface area contributed by atoms with Crippen molar-refractivity contribution in [3.63, 3.8) is 0 Å². The van der Waals surface area contributed by atoms with Gasteiger partial charge in [-0.15, -0.1) is 0 Å². The molecule has 0 bridgehead atoms. The van der Waals surface area contributed by atoms with E-state index in [1.54, 1.807) is 12.3 Å². The Morgan fingerprint density at radius 1 is 1.03 bits per heavy atom. The molecule has 1 amide bonds. The van der Waals surface area contributed by atoms with Crippen LogP contribution in [0.25, 0.3) is 5.69 Å². The van der Waals surface area contributed by atoms with Gasteiger partial charge in [-0.1, -0.05) is 68.2 Å². The lowest BCUT2D eigenvalue weighted by Gasteiger charge is -2.19. The molecule has 1 aromatic heterocycles. The normalized spacial score (nSPS) is 11.8. The predicted octanol–water partition coefficient (Wildman–Crippen LogP) is 6.39. The maximum Gasteiger partial charge on any atom is 0.244 e. The summed E-state index contributed by atoms with van der Waals surface area (Å²) in [4.78, 5) is 12.3. The van der Waals surface area contributed by atoms with E-state index in [1.807, 2.05) is 44.2 Å². The van der Waals surface area contributed by atoms with Crippen molar-refractivity contribution in [2.24, 2.45) is 5.10 Å². The topological polar surface area (TPSA) is 46.4 Å². The van der Waals surface area contributed by atoms with Crippen molar-refractivity contribution in [3.05, 3.63) is 86.7 Å². The molecule has 0 spiro atoms. The molecule has 3 rings (SSSR count). The quantitative estimate of drug-likeness (QED) is 0.351. The number of hydrogen-bond acceptors (Lipinski definition) is 2. The SMILES string of the molecule is Cc1cc(/C=N\NC(=O)Cc2ccc(C(C)(C)C)cc2)c(C)n1-c1ccc(Cl)c(Cl)c1. The van der Waals surface area contributed by atoms with Crippen LogP contribution < -0.4 is 5.43 Å². The van der Waals surface area contributed by atoms with Crippen molar-refractivity contribution in [1.82, 2.24) is 9.99 Å². The molecule has 0 unspecified atom stereocenters. The predicted molar refractivity (Wildman–Crippen MR) is 130 cm³/mol. The smallest absolute Gasteiger partial charge is 0.244 e. The summed E-state index contributed by atoms with van der Waals surface area (Å²) in [5.74, 6) is -0.155. The molecule has 0 aliphatic carbocycles. The molecule has 0 radical (unpaired) electrons. The van der Waals surface area contributed by atoms with Crippen LogP contribution in [0, 0.1) is 13.8 Å². The molecule has 1 N–H and O–H groups in total. The van der Waals surface area contributed by atoms with Gasteiger partial charge < -0.3 is 4.57 Å². The minimum atomic E-state index is -0.155. The van der Waals surface area contributed by atoms with Crippen molar-refractivity contribution < 1.29 is 4.79 Å². The lowest BCUT2D eigenvalue weighted by Crippen LogP contribution is -2.20. The van der Waals surface area contributed by atoms with E-state index in [0.29, 0.717) is 10.0 Å². The van der Waals surface area contributed by atoms with Crippen molar-refractivity contribution in [3.8, 4) is 5.69 Å². The van der Waals surface area contributed by atoms with Crippen LogP contribution in [-0.2, 0) is 16.6 Å². The van der Waals surface area contributed by atoms with Gasteiger partial charge in [0.2, 0.25) is 5.91 Å². The third-order valence-electron chi connectivity index (χ3n) is 5.21. The van der Waals surface area contributed by atoms with Gasteiger partial charge in [0.05, 0.1) is 22.7 Å². The van der Waals surface area contributed by atoms with Gasteiger partial charge in [0.15, 0.2) is 0 Å². The highest BCUT2D eigenvalue weighted by Crippen LogP contribution is 2.27. The van der Waals surface area contributed by atoms with Gasteiger partial charge in [0, 0.05) is 22.6 Å². The Bertz CT molecular complexity index is 1120. The second-order valence-corrected chi connectivity index (χ2v) is 9.49. The largest absolute Gasteiger partial charge is 0.318 e. The number of carbonyl (C=O) groups is 1.